The minimum absolute atomic E-state index is 0.183. The highest BCUT2D eigenvalue weighted by Gasteiger charge is 2.15. The summed E-state index contributed by atoms with van der Waals surface area (Å²) in [6, 6.07) is 10.1. The Labute approximate surface area is 130 Å². The Balaban J connectivity index is 2.22. The first-order valence-corrected chi connectivity index (χ1v) is 8.37. The summed E-state index contributed by atoms with van der Waals surface area (Å²) in [5, 5.41) is 0. The molecule has 0 radical (unpaired) electrons. The number of benzene rings is 1. The Morgan fingerprint density at radius 3 is 2.14 bits per heavy atom. The molecular weight excluding hydrogens is 302 g/mol. The van der Waals surface area contributed by atoms with Gasteiger partial charge in [-0.3, -0.25) is 14.1 Å². The Bertz CT molecular complexity index is 758. The number of amides is 1. The number of rotatable bonds is 4. The molecule has 0 unspecified atom stereocenters. The predicted molar refractivity (Wildman–Crippen MR) is 86.7 cm³/mol. The number of nitrogens with zero attached hydrogens (tertiary/aromatic N) is 3. The van der Waals surface area contributed by atoms with Gasteiger partial charge in [-0.2, -0.15) is 0 Å². The maximum Gasteiger partial charge on any atom is 0.259 e. The Hall–Kier alpha value is -2.41. The van der Waals surface area contributed by atoms with Crippen molar-refractivity contribution in [3.8, 4) is 0 Å². The molecule has 0 saturated heterocycles. The van der Waals surface area contributed by atoms with E-state index < -0.39 is 10.0 Å². The fraction of sp³-hybridized carbons (Fsp3) is 0.200. The highest BCUT2D eigenvalue weighted by atomic mass is 32.2. The molecule has 6 nitrogen and oxygen atoms in total. The molecule has 0 aliphatic rings. The summed E-state index contributed by atoms with van der Waals surface area (Å²) in [5.74, 6) is -0.183. The molecule has 2 rings (SSSR count). The SMILES string of the molecule is CN(C(=O)c1cccnc1)c1ccc(N(C)S(C)(=O)=O)cc1. The van der Waals surface area contributed by atoms with Crippen LogP contribution >= 0.6 is 0 Å². The first-order valence-electron chi connectivity index (χ1n) is 6.53. The Morgan fingerprint density at radius 1 is 1.05 bits per heavy atom. The molecule has 22 heavy (non-hydrogen) atoms. The van der Waals surface area contributed by atoms with Crippen LogP contribution < -0.4 is 9.21 Å². The molecule has 0 saturated carbocycles. The monoisotopic (exact) mass is 319 g/mol. The van der Waals surface area contributed by atoms with Crippen LogP contribution in [-0.2, 0) is 10.0 Å². The van der Waals surface area contributed by atoms with Crippen LogP contribution in [0.2, 0.25) is 0 Å². The third-order valence-electron chi connectivity index (χ3n) is 3.31. The zero-order valence-corrected chi connectivity index (χ0v) is 13.4. The van der Waals surface area contributed by atoms with Crippen molar-refractivity contribution in [3.05, 3.63) is 54.4 Å². The first kappa shape index (κ1) is 16.0. The second-order valence-corrected chi connectivity index (χ2v) is 6.87. The average Bonchev–Trinajstić information content (AvgIpc) is 2.53. The lowest BCUT2D eigenvalue weighted by Gasteiger charge is -2.20. The quantitative estimate of drug-likeness (QED) is 0.861. The number of aromatic nitrogens is 1. The van der Waals surface area contributed by atoms with Crippen molar-refractivity contribution < 1.29 is 13.2 Å². The first-order chi connectivity index (χ1) is 10.3. The lowest BCUT2D eigenvalue weighted by atomic mass is 10.2. The van der Waals surface area contributed by atoms with Crippen molar-refractivity contribution >= 4 is 27.3 Å². The van der Waals surface area contributed by atoms with Gasteiger partial charge in [-0.15, -0.1) is 0 Å². The van der Waals surface area contributed by atoms with Crippen LogP contribution in [0, 0.1) is 0 Å². The lowest BCUT2D eigenvalue weighted by Crippen LogP contribution is -2.27. The molecule has 0 atom stereocenters. The van der Waals surface area contributed by atoms with Gasteiger partial charge in [-0.25, -0.2) is 8.42 Å². The van der Waals surface area contributed by atoms with Gasteiger partial charge in [0.25, 0.3) is 5.91 Å². The molecular formula is C15H17N3O3S. The van der Waals surface area contributed by atoms with E-state index in [1.807, 2.05) is 0 Å². The van der Waals surface area contributed by atoms with Crippen LogP contribution in [-0.4, -0.2) is 39.7 Å². The standard InChI is InChI=1S/C15H17N3O3S/c1-17(15(19)12-5-4-10-16-11-12)13-6-8-14(9-7-13)18(2)22(3,20)21/h4-11H,1-3H3. The number of sulfonamides is 1. The van der Waals surface area contributed by atoms with Crippen LogP contribution in [0.4, 0.5) is 11.4 Å². The second-order valence-electron chi connectivity index (χ2n) is 4.85. The minimum Gasteiger partial charge on any atom is -0.311 e. The third-order valence-corrected chi connectivity index (χ3v) is 4.52. The van der Waals surface area contributed by atoms with Crippen molar-refractivity contribution in [1.82, 2.24) is 4.98 Å². The van der Waals surface area contributed by atoms with E-state index in [0.717, 1.165) is 6.26 Å². The Kier molecular flexibility index (Phi) is 4.46. The van der Waals surface area contributed by atoms with E-state index in [0.29, 0.717) is 16.9 Å². The molecule has 0 spiro atoms. The summed E-state index contributed by atoms with van der Waals surface area (Å²) in [5.41, 5.74) is 1.69. The topological polar surface area (TPSA) is 70.6 Å². The summed E-state index contributed by atoms with van der Waals surface area (Å²) < 4.78 is 24.2. The van der Waals surface area contributed by atoms with Gasteiger partial charge in [-0.1, -0.05) is 0 Å². The van der Waals surface area contributed by atoms with Gasteiger partial charge < -0.3 is 4.90 Å². The number of hydrogen-bond donors (Lipinski definition) is 0. The van der Waals surface area contributed by atoms with Gasteiger partial charge in [-0.05, 0) is 36.4 Å². The molecule has 116 valence electrons. The zero-order chi connectivity index (χ0) is 16.3. The van der Waals surface area contributed by atoms with Crippen molar-refractivity contribution in [2.75, 3.05) is 29.6 Å². The fourth-order valence-electron chi connectivity index (χ4n) is 1.88. The van der Waals surface area contributed by atoms with Crippen LogP contribution in [0.15, 0.2) is 48.8 Å². The maximum atomic E-state index is 12.3. The summed E-state index contributed by atoms with van der Waals surface area (Å²) in [7, 11) is -0.165. The molecule has 0 bridgehead atoms. The molecule has 1 aromatic carbocycles. The van der Waals surface area contributed by atoms with Gasteiger partial charge in [0.1, 0.15) is 0 Å². The van der Waals surface area contributed by atoms with Crippen LogP contribution in [0.25, 0.3) is 0 Å². The van der Waals surface area contributed by atoms with Crippen LogP contribution in [0.3, 0.4) is 0 Å². The molecule has 1 amide bonds. The Morgan fingerprint density at radius 2 is 1.64 bits per heavy atom. The van der Waals surface area contributed by atoms with E-state index in [1.165, 1.54) is 22.4 Å². The zero-order valence-electron chi connectivity index (χ0n) is 12.6. The number of hydrogen-bond acceptors (Lipinski definition) is 4. The number of anilines is 2. The third kappa shape index (κ3) is 3.43. The normalized spacial score (nSPS) is 11.0. The van der Waals surface area contributed by atoms with Crippen LogP contribution in [0.1, 0.15) is 10.4 Å². The van der Waals surface area contributed by atoms with Crippen LogP contribution in [0.5, 0.6) is 0 Å². The summed E-state index contributed by atoms with van der Waals surface area (Å²) in [6.45, 7) is 0. The van der Waals surface area contributed by atoms with E-state index in [9.17, 15) is 13.2 Å². The molecule has 1 aromatic heterocycles. The van der Waals surface area contributed by atoms with E-state index in [2.05, 4.69) is 4.98 Å². The second kappa shape index (κ2) is 6.15. The molecule has 0 fully saturated rings. The van der Waals surface area contributed by atoms with Crippen molar-refractivity contribution in [2.24, 2.45) is 0 Å². The molecule has 2 aromatic rings. The van der Waals surface area contributed by atoms with Gasteiger partial charge >= 0.3 is 0 Å². The van der Waals surface area contributed by atoms with Crippen molar-refractivity contribution in [2.45, 2.75) is 0 Å². The van der Waals surface area contributed by atoms with Gasteiger partial charge in [0.2, 0.25) is 10.0 Å². The van der Waals surface area contributed by atoms with E-state index in [-0.39, 0.29) is 5.91 Å². The summed E-state index contributed by atoms with van der Waals surface area (Å²) in [6.07, 6.45) is 4.25. The molecule has 0 aliphatic heterocycles. The molecule has 0 aliphatic carbocycles. The van der Waals surface area contributed by atoms with Gasteiger partial charge in [0.05, 0.1) is 17.5 Å². The van der Waals surface area contributed by atoms with Crippen molar-refractivity contribution in [3.63, 3.8) is 0 Å². The molecule has 1 heterocycles. The number of pyridine rings is 1. The smallest absolute Gasteiger partial charge is 0.259 e. The largest absolute Gasteiger partial charge is 0.311 e. The molecule has 0 N–H and O–H groups in total. The number of carbonyl (C=O) groups excluding carboxylic acids is 1. The van der Waals surface area contributed by atoms with E-state index >= 15 is 0 Å². The average molecular weight is 319 g/mol. The predicted octanol–water partition coefficient (Wildman–Crippen LogP) is 1.75. The van der Waals surface area contributed by atoms with Gasteiger partial charge in [0, 0.05) is 32.2 Å². The maximum absolute atomic E-state index is 12.3. The van der Waals surface area contributed by atoms with E-state index in [1.54, 1.807) is 49.6 Å². The highest BCUT2D eigenvalue weighted by molar-refractivity contribution is 7.92. The lowest BCUT2D eigenvalue weighted by molar-refractivity contribution is 0.0992. The van der Waals surface area contributed by atoms with Crippen molar-refractivity contribution in [1.29, 1.82) is 0 Å². The highest BCUT2D eigenvalue weighted by Crippen LogP contribution is 2.21. The van der Waals surface area contributed by atoms with Gasteiger partial charge in [0.15, 0.2) is 0 Å². The molecule has 7 heteroatoms. The minimum atomic E-state index is -3.30. The number of carbonyl (C=O) groups is 1. The summed E-state index contributed by atoms with van der Waals surface area (Å²) in [4.78, 5) is 17.7. The fourth-order valence-corrected chi connectivity index (χ4v) is 2.38. The summed E-state index contributed by atoms with van der Waals surface area (Å²) >= 11 is 0. The van der Waals surface area contributed by atoms with E-state index in [4.69, 9.17) is 0 Å².